The molecule has 182 valence electrons. The molecule has 2 heterocycles. The van der Waals surface area contributed by atoms with Crippen LogP contribution in [0.1, 0.15) is 37.0 Å². The number of morpholine rings is 1. The number of anilines is 1. The van der Waals surface area contributed by atoms with E-state index in [1.165, 1.54) is 11.3 Å². The van der Waals surface area contributed by atoms with Gasteiger partial charge in [0.05, 0.1) is 36.6 Å². The highest BCUT2D eigenvalue weighted by atomic mass is 32.1. The molecule has 0 unspecified atom stereocenters. The van der Waals surface area contributed by atoms with Gasteiger partial charge in [-0.1, -0.05) is 24.7 Å². The van der Waals surface area contributed by atoms with Crippen molar-refractivity contribution in [3.8, 4) is 11.5 Å². The molecule has 0 spiro atoms. The highest BCUT2D eigenvalue weighted by molar-refractivity contribution is 7.22. The SMILES string of the molecule is CCCCOc1ccc(C(=O)N(CCN2CCOCC2)c2nc3ccc(OCC)cc3s2)cc1. The van der Waals surface area contributed by atoms with Crippen LogP contribution in [-0.2, 0) is 4.74 Å². The first-order valence-corrected chi connectivity index (χ1v) is 12.9. The van der Waals surface area contributed by atoms with Crippen LogP contribution in [0.15, 0.2) is 42.5 Å². The molecule has 0 radical (unpaired) electrons. The number of unbranched alkanes of at least 4 members (excludes halogenated alkanes) is 1. The molecule has 1 amide bonds. The molecule has 1 aliphatic rings. The average Bonchev–Trinajstić information content (AvgIpc) is 3.28. The molecule has 3 aromatic rings. The van der Waals surface area contributed by atoms with Gasteiger partial charge in [0.1, 0.15) is 11.5 Å². The molecule has 7 nitrogen and oxygen atoms in total. The Balaban J connectivity index is 1.55. The van der Waals surface area contributed by atoms with Crippen LogP contribution < -0.4 is 14.4 Å². The molecule has 0 atom stereocenters. The number of hydrogen-bond acceptors (Lipinski definition) is 7. The lowest BCUT2D eigenvalue weighted by Gasteiger charge is -2.29. The Kier molecular flexibility index (Phi) is 8.73. The van der Waals surface area contributed by atoms with E-state index < -0.39 is 0 Å². The lowest BCUT2D eigenvalue weighted by atomic mass is 10.2. The second-order valence-corrected chi connectivity index (χ2v) is 9.21. The second kappa shape index (κ2) is 12.1. The van der Waals surface area contributed by atoms with Crippen LogP contribution in [0, 0.1) is 0 Å². The number of carbonyl (C=O) groups is 1. The zero-order valence-corrected chi connectivity index (χ0v) is 20.8. The Bertz CT molecular complexity index is 1060. The van der Waals surface area contributed by atoms with E-state index in [1.807, 2.05) is 49.4 Å². The van der Waals surface area contributed by atoms with Crippen molar-refractivity contribution in [2.45, 2.75) is 26.7 Å². The molecule has 0 aliphatic carbocycles. The van der Waals surface area contributed by atoms with Crippen LogP contribution in [0.2, 0.25) is 0 Å². The number of rotatable bonds is 11. The van der Waals surface area contributed by atoms with E-state index in [0.29, 0.717) is 30.5 Å². The van der Waals surface area contributed by atoms with Crippen molar-refractivity contribution >= 4 is 32.6 Å². The average molecular weight is 484 g/mol. The van der Waals surface area contributed by atoms with Crippen LogP contribution in [0.5, 0.6) is 11.5 Å². The third kappa shape index (κ3) is 6.25. The van der Waals surface area contributed by atoms with Gasteiger partial charge in [0.15, 0.2) is 5.13 Å². The molecule has 8 heteroatoms. The highest BCUT2D eigenvalue weighted by Gasteiger charge is 2.23. The van der Waals surface area contributed by atoms with E-state index in [9.17, 15) is 4.79 Å². The van der Waals surface area contributed by atoms with Gasteiger partial charge in [0.2, 0.25) is 0 Å². The summed E-state index contributed by atoms with van der Waals surface area (Å²) in [5.74, 6) is 1.54. The zero-order valence-electron chi connectivity index (χ0n) is 20.0. The van der Waals surface area contributed by atoms with Gasteiger partial charge < -0.3 is 14.2 Å². The van der Waals surface area contributed by atoms with E-state index >= 15 is 0 Å². The van der Waals surface area contributed by atoms with Crippen molar-refractivity contribution in [3.63, 3.8) is 0 Å². The number of amides is 1. The topological polar surface area (TPSA) is 64.1 Å². The Morgan fingerprint density at radius 2 is 1.85 bits per heavy atom. The van der Waals surface area contributed by atoms with Crippen molar-refractivity contribution in [2.75, 3.05) is 57.5 Å². The van der Waals surface area contributed by atoms with Gasteiger partial charge in [0.25, 0.3) is 5.91 Å². The van der Waals surface area contributed by atoms with Crippen LogP contribution >= 0.6 is 11.3 Å². The Hall–Kier alpha value is -2.68. The summed E-state index contributed by atoms with van der Waals surface area (Å²) in [7, 11) is 0. The highest BCUT2D eigenvalue weighted by Crippen LogP contribution is 2.32. The number of aromatic nitrogens is 1. The first kappa shape index (κ1) is 24.4. The van der Waals surface area contributed by atoms with E-state index in [1.54, 1.807) is 4.90 Å². The minimum Gasteiger partial charge on any atom is -0.494 e. The third-order valence-corrected chi connectivity index (χ3v) is 6.79. The fourth-order valence-corrected chi connectivity index (χ4v) is 4.82. The van der Waals surface area contributed by atoms with Gasteiger partial charge in [-0.05, 0) is 55.8 Å². The van der Waals surface area contributed by atoms with E-state index in [4.69, 9.17) is 19.2 Å². The zero-order chi connectivity index (χ0) is 23.8. The summed E-state index contributed by atoms with van der Waals surface area (Å²) in [6.07, 6.45) is 2.10. The van der Waals surface area contributed by atoms with Gasteiger partial charge in [-0.25, -0.2) is 4.98 Å². The summed E-state index contributed by atoms with van der Waals surface area (Å²) in [5.41, 5.74) is 1.49. The Morgan fingerprint density at radius 1 is 1.09 bits per heavy atom. The largest absolute Gasteiger partial charge is 0.494 e. The number of ether oxygens (including phenoxy) is 3. The molecule has 1 fully saturated rings. The molecule has 0 N–H and O–H groups in total. The smallest absolute Gasteiger partial charge is 0.260 e. The molecule has 0 bridgehead atoms. The molecular weight excluding hydrogens is 450 g/mol. The minimum atomic E-state index is -0.0579. The lowest BCUT2D eigenvalue weighted by Crippen LogP contribution is -2.43. The van der Waals surface area contributed by atoms with Crippen LogP contribution in [0.4, 0.5) is 5.13 Å². The summed E-state index contributed by atoms with van der Waals surface area (Å²) in [4.78, 5) is 22.5. The summed E-state index contributed by atoms with van der Waals surface area (Å²) < 4.78 is 17.9. The summed E-state index contributed by atoms with van der Waals surface area (Å²) in [6, 6.07) is 13.3. The lowest BCUT2D eigenvalue weighted by molar-refractivity contribution is 0.0391. The molecular formula is C26H33N3O4S. The van der Waals surface area contributed by atoms with Crippen LogP contribution in [0.3, 0.4) is 0 Å². The van der Waals surface area contributed by atoms with Crippen molar-refractivity contribution in [1.82, 2.24) is 9.88 Å². The molecule has 0 saturated carbocycles. The quantitative estimate of drug-likeness (QED) is 0.363. The first-order valence-electron chi connectivity index (χ1n) is 12.1. The van der Waals surface area contributed by atoms with Gasteiger partial charge >= 0.3 is 0 Å². The number of nitrogens with zero attached hydrogens (tertiary/aromatic N) is 3. The molecule has 2 aromatic carbocycles. The maximum absolute atomic E-state index is 13.6. The molecule has 1 aliphatic heterocycles. The Morgan fingerprint density at radius 3 is 2.59 bits per heavy atom. The maximum Gasteiger partial charge on any atom is 0.260 e. The summed E-state index contributed by atoms with van der Waals surface area (Å²) in [5, 5.41) is 0.699. The fourth-order valence-electron chi connectivity index (χ4n) is 3.80. The van der Waals surface area contributed by atoms with Crippen molar-refractivity contribution in [2.24, 2.45) is 0 Å². The van der Waals surface area contributed by atoms with Crippen molar-refractivity contribution in [3.05, 3.63) is 48.0 Å². The summed E-state index contributed by atoms with van der Waals surface area (Å²) in [6.45, 7) is 9.95. The second-order valence-electron chi connectivity index (χ2n) is 8.20. The predicted molar refractivity (Wildman–Crippen MR) is 137 cm³/mol. The molecule has 4 rings (SSSR count). The number of benzene rings is 2. The molecule has 1 aromatic heterocycles. The van der Waals surface area contributed by atoms with Crippen molar-refractivity contribution in [1.29, 1.82) is 0 Å². The first-order chi connectivity index (χ1) is 16.7. The number of thiazole rings is 1. The van der Waals surface area contributed by atoms with Crippen LogP contribution in [-0.4, -0.2) is 68.4 Å². The van der Waals surface area contributed by atoms with E-state index in [2.05, 4.69) is 11.8 Å². The molecule has 34 heavy (non-hydrogen) atoms. The minimum absolute atomic E-state index is 0.0579. The predicted octanol–water partition coefficient (Wildman–Crippen LogP) is 4.85. The van der Waals surface area contributed by atoms with Gasteiger partial charge in [-0.2, -0.15) is 0 Å². The monoisotopic (exact) mass is 483 g/mol. The van der Waals surface area contributed by atoms with E-state index in [0.717, 1.165) is 67.4 Å². The van der Waals surface area contributed by atoms with Gasteiger partial charge in [-0.15, -0.1) is 0 Å². The Labute approximate surface area is 205 Å². The van der Waals surface area contributed by atoms with Crippen molar-refractivity contribution < 1.29 is 19.0 Å². The number of carbonyl (C=O) groups excluding carboxylic acids is 1. The standard InChI is InChI=1S/C26H33N3O4S/c1-3-5-16-33-21-8-6-20(7-9-21)25(30)29(13-12-28-14-17-31-18-15-28)26-27-23-11-10-22(32-4-2)19-24(23)34-26/h6-11,19H,3-5,12-18H2,1-2H3. The van der Waals surface area contributed by atoms with Gasteiger partial charge in [-0.3, -0.25) is 14.6 Å². The number of hydrogen-bond donors (Lipinski definition) is 0. The third-order valence-electron chi connectivity index (χ3n) is 5.75. The van der Waals surface area contributed by atoms with Crippen LogP contribution in [0.25, 0.3) is 10.2 Å². The summed E-state index contributed by atoms with van der Waals surface area (Å²) >= 11 is 1.52. The fraction of sp³-hybridized carbons (Fsp3) is 0.462. The maximum atomic E-state index is 13.6. The molecule has 1 saturated heterocycles. The van der Waals surface area contributed by atoms with E-state index in [-0.39, 0.29) is 5.91 Å². The normalized spacial score (nSPS) is 14.3. The number of fused-ring (bicyclic) bond motifs is 1. The van der Waals surface area contributed by atoms with Gasteiger partial charge in [0, 0.05) is 31.7 Å².